The standard InChI is InChI=1S/C14H12FN5O3S/c1-8(21)20(11-5-3-2-4-10(11)15)14-18-9(7-24-14)6-17-19-13(23)12(16)22/h2-7H,1H3,(H2,16,22)(H,19,23)/b17-6-. The number of thiazole rings is 1. The van der Waals surface area contributed by atoms with Crippen LogP contribution in [0.15, 0.2) is 34.7 Å². The number of halogens is 1. The number of para-hydroxylation sites is 1. The molecule has 10 heteroatoms. The van der Waals surface area contributed by atoms with E-state index in [1.807, 2.05) is 5.43 Å². The van der Waals surface area contributed by atoms with Gasteiger partial charge in [0, 0.05) is 12.3 Å². The fourth-order valence-electron chi connectivity index (χ4n) is 1.69. The van der Waals surface area contributed by atoms with Crippen molar-refractivity contribution in [2.45, 2.75) is 6.92 Å². The number of hydrogen-bond donors (Lipinski definition) is 2. The molecule has 1 aromatic heterocycles. The molecule has 3 N–H and O–H groups in total. The lowest BCUT2D eigenvalue weighted by Crippen LogP contribution is -2.32. The first-order chi connectivity index (χ1) is 11.4. The van der Waals surface area contributed by atoms with Crippen LogP contribution in [0.2, 0.25) is 0 Å². The lowest BCUT2D eigenvalue weighted by Gasteiger charge is -2.18. The first kappa shape index (κ1) is 17.2. The van der Waals surface area contributed by atoms with E-state index in [1.54, 1.807) is 11.4 Å². The van der Waals surface area contributed by atoms with E-state index in [0.717, 1.165) is 16.2 Å². The maximum Gasteiger partial charge on any atom is 0.329 e. The number of carbonyl (C=O) groups is 3. The highest BCUT2D eigenvalue weighted by Crippen LogP contribution is 2.30. The maximum atomic E-state index is 13.9. The summed E-state index contributed by atoms with van der Waals surface area (Å²) in [7, 11) is 0. The van der Waals surface area contributed by atoms with Gasteiger partial charge in [0.2, 0.25) is 5.91 Å². The van der Waals surface area contributed by atoms with Gasteiger partial charge in [-0.25, -0.2) is 14.8 Å². The fourth-order valence-corrected chi connectivity index (χ4v) is 2.52. The van der Waals surface area contributed by atoms with Crippen molar-refractivity contribution in [2.75, 3.05) is 4.90 Å². The van der Waals surface area contributed by atoms with Crippen LogP contribution in [-0.2, 0) is 14.4 Å². The number of carbonyl (C=O) groups excluding carboxylic acids is 3. The first-order valence-electron chi connectivity index (χ1n) is 6.53. The topological polar surface area (TPSA) is 118 Å². The SMILES string of the molecule is CC(=O)N(c1nc(/C=N\NC(=O)C(N)=O)cs1)c1ccccc1F. The van der Waals surface area contributed by atoms with Gasteiger partial charge in [0.1, 0.15) is 5.82 Å². The van der Waals surface area contributed by atoms with E-state index in [2.05, 4.69) is 10.1 Å². The molecule has 0 fully saturated rings. The van der Waals surface area contributed by atoms with Crippen molar-refractivity contribution < 1.29 is 18.8 Å². The Morgan fingerprint density at radius 1 is 1.38 bits per heavy atom. The molecular formula is C14H12FN5O3S. The molecule has 0 saturated carbocycles. The van der Waals surface area contributed by atoms with Crippen LogP contribution in [0, 0.1) is 5.82 Å². The Morgan fingerprint density at radius 3 is 2.71 bits per heavy atom. The van der Waals surface area contributed by atoms with Crippen LogP contribution in [0.25, 0.3) is 0 Å². The minimum atomic E-state index is -1.17. The summed E-state index contributed by atoms with van der Waals surface area (Å²) in [4.78, 5) is 38.6. The van der Waals surface area contributed by atoms with Gasteiger partial charge >= 0.3 is 11.8 Å². The Labute approximate surface area is 139 Å². The molecule has 2 aromatic rings. The molecule has 0 aliphatic rings. The zero-order chi connectivity index (χ0) is 17.7. The average molecular weight is 349 g/mol. The number of nitrogens with two attached hydrogens (primary N) is 1. The van der Waals surface area contributed by atoms with Crippen LogP contribution in [0.5, 0.6) is 0 Å². The molecule has 2 rings (SSSR count). The Morgan fingerprint density at radius 2 is 2.08 bits per heavy atom. The van der Waals surface area contributed by atoms with Gasteiger partial charge in [0.05, 0.1) is 17.6 Å². The summed E-state index contributed by atoms with van der Waals surface area (Å²) >= 11 is 1.09. The molecule has 1 heterocycles. The average Bonchev–Trinajstić information content (AvgIpc) is 2.97. The third kappa shape index (κ3) is 3.98. The number of amides is 3. The number of hydrogen-bond acceptors (Lipinski definition) is 6. The normalized spacial score (nSPS) is 10.6. The number of rotatable bonds is 4. The van der Waals surface area contributed by atoms with E-state index in [-0.39, 0.29) is 10.8 Å². The van der Waals surface area contributed by atoms with Crippen molar-refractivity contribution in [1.29, 1.82) is 0 Å². The van der Waals surface area contributed by atoms with E-state index >= 15 is 0 Å². The van der Waals surface area contributed by atoms with E-state index in [9.17, 15) is 18.8 Å². The van der Waals surface area contributed by atoms with Gasteiger partial charge in [0.25, 0.3) is 0 Å². The summed E-state index contributed by atoms with van der Waals surface area (Å²) in [6, 6.07) is 5.81. The Hall–Kier alpha value is -3.14. The van der Waals surface area contributed by atoms with Gasteiger partial charge in [-0.1, -0.05) is 12.1 Å². The minimum absolute atomic E-state index is 0.0740. The van der Waals surface area contributed by atoms with Crippen molar-refractivity contribution in [1.82, 2.24) is 10.4 Å². The summed E-state index contributed by atoms with van der Waals surface area (Å²) in [6.07, 6.45) is 1.17. The molecule has 0 bridgehead atoms. The fraction of sp³-hybridized carbons (Fsp3) is 0.0714. The third-order valence-corrected chi connectivity index (χ3v) is 3.54. The van der Waals surface area contributed by atoms with Crippen LogP contribution in [0.1, 0.15) is 12.6 Å². The van der Waals surface area contributed by atoms with Crippen LogP contribution in [0.4, 0.5) is 15.2 Å². The summed E-state index contributed by atoms with van der Waals surface area (Å²) in [5.74, 6) is -3.22. The molecule has 1 aromatic carbocycles. The molecule has 0 atom stereocenters. The van der Waals surface area contributed by atoms with Gasteiger partial charge in [-0.05, 0) is 12.1 Å². The van der Waals surface area contributed by atoms with Crippen LogP contribution in [0.3, 0.4) is 0 Å². The molecule has 0 radical (unpaired) electrons. The monoisotopic (exact) mass is 349 g/mol. The second kappa shape index (κ2) is 7.42. The zero-order valence-corrected chi connectivity index (χ0v) is 13.2. The molecular weight excluding hydrogens is 337 g/mol. The second-order valence-electron chi connectivity index (χ2n) is 4.42. The minimum Gasteiger partial charge on any atom is -0.361 e. The lowest BCUT2D eigenvalue weighted by atomic mass is 10.3. The van der Waals surface area contributed by atoms with Crippen molar-refractivity contribution in [3.63, 3.8) is 0 Å². The van der Waals surface area contributed by atoms with E-state index in [1.165, 1.54) is 31.3 Å². The largest absolute Gasteiger partial charge is 0.361 e. The van der Waals surface area contributed by atoms with Gasteiger partial charge < -0.3 is 5.73 Å². The van der Waals surface area contributed by atoms with Crippen molar-refractivity contribution in [3.05, 3.63) is 41.2 Å². The molecule has 8 nitrogen and oxygen atoms in total. The number of nitrogens with zero attached hydrogens (tertiary/aromatic N) is 3. The molecule has 0 aliphatic heterocycles. The van der Waals surface area contributed by atoms with E-state index in [4.69, 9.17) is 5.73 Å². The van der Waals surface area contributed by atoms with E-state index < -0.39 is 23.5 Å². The predicted octanol–water partition coefficient (Wildman–Crippen LogP) is 0.902. The van der Waals surface area contributed by atoms with Gasteiger partial charge in [-0.3, -0.25) is 19.3 Å². The quantitative estimate of drug-likeness (QED) is 0.484. The predicted molar refractivity (Wildman–Crippen MR) is 86.3 cm³/mol. The Balaban J connectivity index is 2.22. The second-order valence-corrected chi connectivity index (χ2v) is 5.26. The maximum absolute atomic E-state index is 13.9. The highest BCUT2D eigenvalue weighted by Gasteiger charge is 2.20. The zero-order valence-electron chi connectivity index (χ0n) is 12.4. The number of hydrazone groups is 1. The summed E-state index contributed by atoms with van der Waals surface area (Å²) in [6.45, 7) is 1.29. The molecule has 124 valence electrons. The highest BCUT2D eigenvalue weighted by atomic mass is 32.1. The first-order valence-corrected chi connectivity index (χ1v) is 7.41. The number of primary amides is 1. The van der Waals surface area contributed by atoms with Crippen molar-refractivity contribution in [2.24, 2.45) is 10.8 Å². The molecule has 0 aliphatic carbocycles. The Kier molecular flexibility index (Phi) is 5.32. The van der Waals surface area contributed by atoms with Crippen molar-refractivity contribution >= 4 is 46.1 Å². The van der Waals surface area contributed by atoms with Gasteiger partial charge in [-0.2, -0.15) is 5.10 Å². The van der Waals surface area contributed by atoms with Crippen molar-refractivity contribution in [3.8, 4) is 0 Å². The Bertz CT molecular complexity index is 820. The third-order valence-electron chi connectivity index (χ3n) is 2.70. The molecule has 0 saturated heterocycles. The number of nitrogens with one attached hydrogen (secondary N) is 1. The number of benzene rings is 1. The molecule has 0 unspecified atom stereocenters. The van der Waals surface area contributed by atoms with Crippen LogP contribution >= 0.6 is 11.3 Å². The lowest BCUT2D eigenvalue weighted by molar-refractivity contribution is -0.137. The van der Waals surface area contributed by atoms with Gasteiger partial charge in [0.15, 0.2) is 5.13 Å². The smallest absolute Gasteiger partial charge is 0.329 e. The van der Waals surface area contributed by atoms with Crippen LogP contribution < -0.4 is 16.1 Å². The molecule has 3 amide bonds. The van der Waals surface area contributed by atoms with E-state index in [0.29, 0.717) is 5.69 Å². The number of aromatic nitrogens is 1. The summed E-state index contributed by atoms with van der Waals surface area (Å²) in [5, 5.41) is 5.29. The summed E-state index contributed by atoms with van der Waals surface area (Å²) < 4.78 is 13.9. The summed E-state index contributed by atoms with van der Waals surface area (Å²) in [5.41, 5.74) is 7.05. The highest BCUT2D eigenvalue weighted by molar-refractivity contribution is 7.14. The molecule has 24 heavy (non-hydrogen) atoms. The van der Waals surface area contributed by atoms with Gasteiger partial charge in [-0.15, -0.1) is 11.3 Å². The number of anilines is 2. The molecule has 0 spiro atoms. The van der Waals surface area contributed by atoms with Crippen LogP contribution in [-0.4, -0.2) is 28.9 Å².